The first-order valence-corrected chi connectivity index (χ1v) is 7.82. The molecule has 3 nitrogen and oxygen atoms in total. The second-order valence-corrected chi connectivity index (χ2v) is 6.62. The second kappa shape index (κ2) is 5.27. The monoisotopic (exact) mass is 266 g/mol. The van der Waals surface area contributed by atoms with Gasteiger partial charge in [0.1, 0.15) is 11.1 Å². The molecule has 0 radical (unpaired) electrons. The lowest BCUT2D eigenvalue weighted by atomic mass is 9.91. The van der Waals surface area contributed by atoms with E-state index in [1.807, 2.05) is 25.5 Å². The second-order valence-electron chi connectivity index (χ2n) is 5.50. The lowest BCUT2D eigenvalue weighted by Crippen LogP contribution is -2.21. The fourth-order valence-electron chi connectivity index (χ4n) is 2.99. The van der Waals surface area contributed by atoms with Gasteiger partial charge in [-0.05, 0) is 45.1 Å². The Balaban J connectivity index is 1.85. The predicted octanol–water partition coefficient (Wildman–Crippen LogP) is 2.88. The lowest BCUT2D eigenvalue weighted by Gasteiger charge is -2.20. The van der Waals surface area contributed by atoms with Crippen LogP contribution in [0.5, 0.6) is 0 Å². The highest BCUT2D eigenvalue weighted by atomic mass is 32.1. The van der Waals surface area contributed by atoms with E-state index >= 15 is 0 Å². The summed E-state index contributed by atoms with van der Waals surface area (Å²) in [6, 6.07) is 0. The number of ether oxygens (including phenoxy) is 1. The van der Waals surface area contributed by atoms with E-state index in [1.165, 1.54) is 47.7 Å². The molecule has 1 N–H and O–H groups in total. The molecule has 1 heterocycles. The number of thiazole rings is 1. The molecule has 18 heavy (non-hydrogen) atoms. The molecule has 1 saturated carbocycles. The van der Waals surface area contributed by atoms with Crippen molar-refractivity contribution in [3.8, 4) is 0 Å². The number of methoxy groups -OCH3 is 1. The summed E-state index contributed by atoms with van der Waals surface area (Å²) in [5.41, 5.74) is 1.36. The maximum atomic E-state index is 5.67. The maximum absolute atomic E-state index is 5.67. The number of hydrogen-bond donors (Lipinski definition) is 1. The number of hydrogen-bond acceptors (Lipinski definition) is 4. The standard InChI is InChI=1S/C14H22N2OS/c1-15-8-10-4-3-5-11-12(10)16-14(18-11)13(17-2)9-6-7-9/h9-10,13,15H,3-8H2,1-2H3. The molecule has 2 aliphatic rings. The van der Waals surface area contributed by atoms with E-state index in [0.717, 1.165) is 12.5 Å². The normalized spacial score (nSPS) is 24.9. The van der Waals surface area contributed by atoms with Crippen molar-refractivity contribution >= 4 is 11.3 Å². The molecular weight excluding hydrogens is 244 g/mol. The molecule has 0 saturated heterocycles. The van der Waals surface area contributed by atoms with Crippen LogP contribution in [0, 0.1) is 5.92 Å². The third-order valence-electron chi connectivity index (χ3n) is 4.09. The van der Waals surface area contributed by atoms with E-state index in [2.05, 4.69) is 5.32 Å². The first kappa shape index (κ1) is 12.6. The summed E-state index contributed by atoms with van der Waals surface area (Å²) in [5, 5.41) is 4.53. The molecule has 0 aromatic carbocycles. The molecule has 2 atom stereocenters. The molecule has 2 unspecified atom stereocenters. The van der Waals surface area contributed by atoms with Crippen LogP contribution in [0.25, 0.3) is 0 Å². The average molecular weight is 266 g/mol. The Morgan fingerprint density at radius 3 is 2.94 bits per heavy atom. The van der Waals surface area contributed by atoms with E-state index in [-0.39, 0.29) is 6.10 Å². The molecule has 0 amide bonds. The van der Waals surface area contributed by atoms with Gasteiger partial charge in [-0.15, -0.1) is 11.3 Å². The van der Waals surface area contributed by atoms with E-state index in [9.17, 15) is 0 Å². The number of likely N-dealkylation sites (N-methyl/N-ethyl adjacent to an activating group) is 1. The summed E-state index contributed by atoms with van der Waals surface area (Å²) in [5.74, 6) is 1.34. The Labute approximate surface area is 113 Å². The average Bonchev–Trinajstić information content (AvgIpc) is 3.10. The van der Waals surface area contributed by atoms with Crippen LogP contribution in [0.2, 0.25) is 0 Å². The van der Waals surface area contributed by atoms with Gasteiger partial charge in [-0.2, -0.15) is 0 Å². The Bertz CT molecular complexity index is 414. The number of nitrogens with zero attached hydrogens (tertiary/aromatic N) is 1. The van der Waals surface area contributed by atoms with E-state index < -0.39 is 0 Å². The summed E-state index contributed by atoms with van der Waals surface area (Å²) >= 11 is 1.90. The van der Waals surface area contributed by atoms with Crippen molar-refractivity contribution in [2.75, 3.05) is 20.7 Å². The van der Waals surface area contributed by atoms with Gasteiger partial charge in [0.25, 0.3) is 0 Å². The van der Waals surface area contributed by atoms with Crippen LogP contribution in [0.15, 0.2) is 0 Å². The van der Waals surface area contributed by atoms with Gasteiger partial charge >= 0.3 is 0 Å². The van der Waals surface area contributed by atoms with Crippen LogP contribution in [-0.2, 0) is 11.2 Å². The SMILES string of the molecule is CNCC1CCCc2sc(C(OC)C3CC3)nc21. The largest absolute Gasteiger partial charge is 0.374 e. The van der Waals surface area contributed by atoms with Crippen LogP contribution < -0.4 is 5.32 Å². The fraction of sp³-hybridized carbons (Fsp3) is 0.786. The molecule has 0 spiro atoms. The van der Waals surface area contributed by atoms with Crippen LogP contribution in [0.4, 0.5) is 0 Å². The zero-order valence-corrected chi connectivity index (χ0v) is 12.1. The highest BCUT2D eigenvalue weighted by Crippen LogP contribution is 2.46. The van der Waals surface area contributed by atoms with Gasteiger partial charge in [0.15, 0.2) is 0 Å². The molecule has 1 fully saturated rings. The van der Waals surface area contributed by atoms with E-state index in [1.54, 1.807) is 0 Å². The number of rotatable bonds is 5. The minimum Gasteiger partial charge on any atom is -0.374 e. The Morgan fingerprint density at radius 2 is 2.28 bits per heavy atom. The summed E-state index contributed by atoms with van der Waals surface area (Å²) in [6.45, 7) is 1.05. The molecule has 1 aromatic rings. The van der Waals surface area contributed by atoms with Gasteiger partial charge in [-0.25, -0.2) is 4.98 Å². The van der Waals surface area contributed by atoms with Crippen LogP contribution in [-0.4, -0.2) is 25.7 Å². The highest BCUT2D eigenvalue weighted by molar-refractivity contribution is 7.11. The third-order valence-corrected chi connectivity index (χ3v) is 5.28. The van der Waals surface area contributed by atoms with Gasteiger partial charge in [0, 0.05) is 24.4 Å². The minimum atomic E-state index is 0.260. The third kappa shape index (κ3) is 2.33. The molecular formula is C14H22N2OS. The summed E-state index contributed by atoms with van der Waals surface area (Å²) in [4.78, 5) is 6.45. The zero-order chi connectivity index (χ0) is 12.5. The van der Waals surface area contributed by atoms with Crippen molar-refractivity contribution in [2.45, 2.75) is 44.1 Å². The lowest BCUT2D eigenvalue weighted by molar-refractivity contribution is 0.0842. The smallest absolute Gasteiger partial charge is 0.122 e. The molecule has 0 bridgehead atoms. The predicted molar refractivity (Wildman–Crippen MR) is 74.2 cm³/mol. The van der Waals surface area contributed by atoms with Crippen molar-refractivity contribution in [1.82, 2.24) is 10.3 Å². The first-order valence-electron chi connectivity index (χ1n) is 7.00. The van der Waals surface area contributed by atoms with Crippen molar-refractivity contribution in [1.29, 1.82) is 0 Å². The van der Waals surface area contributed by atoms with E-state index in [0.29, 0.717) is 5.92 Å². The molecule has 2 aliphatic carbocycles. The van der Waals surface area contributed by atoms with Crippen molar-refractivity contribution in [2.24, 2.45) is 5.92 Å². The number of aromatic nitrogens is 1. The number of aryl methyl sites for hydroxylation is 1. The van der Waals surface area contributed by atoms with Crippen LogP contribution in [0.3, 0.4) is 0 Å². The topological polar surface area (TPSA) is 34.1 Å². The van der Waals surface area contributed by atoms with Crippen LogP contribution in [0.1, 0.15) is 53.3 Å². The minimum absolute atomic E-state index is 0.260. The quantitative estimate of drug-likeness (QED) is 0.890. The van der Waals surface area contributed by atoms with Crippen molar-refractivity contribution in [3.05, 3.63) is 15.6 Å². The molecule has 4 heteroatoms. The Morgan fingerprint density at radius 1 is 1.44 bits per heavy atom. The molecule has 100 valence electrons. The Kier molecular flexibility index (Phi) is 3.68. The Hall–Kier alpha value is -0.450. The number of nitrogens with one attached hydrogen (secondary N) is 1. The van der Waals surface area contributed by atoms with Crippen LogP contribution >= 0.6 is 11.3 Å². The van der Waals surface area contributed by atoms with Crippen molar-refractivity contribution < 1.29 is 4.74 Å². The van der Waals surface area contributed by atoms with Gasteiger partial charge in [-0.1, -0.05) is 0 Å². The van der Waals surface area contributed by atoms with Gasteiger partial charge in [-0.3, -0.25) is 0 Å². The first-order chi connectivity index (χ1) is 8.83. The molecule has 0 aliphatic heterocycles. The fourth-order valence-corrected chi connectivity index (χ4v) is 4.35. The van der Waals surface area contributed by atoms with Gasteiger partial charge in [0.05, 0.1) is 5.69 Å². The maximum Gasteiger partial charge on any atom is 0.122 e. The van der Waals surface area contributed by atoms with Crippen molar-refractivity contribution in [3.63, 3.8) is 0 Å². The zero-order valence-electron chi connectivity index (χ0n) is 11.2. The highest BCUT2D eigenvalue weighted by Gasteiger charge is 2.36. The number of fused-ring (bicyclic) bond motifs is 1. The van der Waals surface area contributed by atoms with Gasteiger partial charge < -0.3 is 10.1 Å². The molecule has 3 rings (SSSR count). The summed E-state index contributed by atoms with van der Waals surface area (Å²) in [7, 11) is 3.86. The summed E-state index contributed by atoms with van der Waals surface area (Å²) in [6.07, 6.45) is 6.68. The van der Waals surface area contributed by atoms with Gasteiger partial charge in [0.2, 0.25) is 0 Å². The summed E-state index contributed by atoms with van der Waals surface area (Å²) < 4.78 is 5.67. The van der Waals surface area contributed by atoms with E-state index in [4.69, 9.17) is 9.72 Å². The molecule has 1 aromatic heterocycles.